The van der Waals surface area contributed by atoms with Gasteiger partial charge in [0.25, 0.3) is 0 Å². The summed E-state index contributed by atoms with van der Waals surface area (Å²) in [5, 5.41) is 6.11. The Bertz CT molecular complexity index is 972. The fourth-order valence-electron chi connectivity index (χ4n) is 2.61. The minimum absolute atomic E-state index is 0.112. The minimum atomic E-state index is -4.68. The molecule has 12 heteroatoms. The Balaban J connectivity index is 1.49. The van der Waals surface area contributed by atoms with Crippen LogP contribution in [-0.4, -0.2) is 37.6 Å². The SMILES string of the molecule is O=C(Nc1cncnc1)N1CCc2cc(-c3noc(C(F)(F)F)n3)sc2C1. The number of rotatable bonds is 2. The summed E-state index contributed by atoms with van der Waals surface area (Å²) in [6, 6.07) is 1.44. The summed E-state index contributed by atoms with van der Waals surface area (Å²) in [7, 11) is 0. The minimum Gasteiger partial charge on any atom is -0.329 e. The summed E-state index contributed by atoms with van der Waals surface area (Å²) in [5.41, 5.74) is 1.44. The molecule has 0 spiro atoms. The zero-order valence-corrected chi connectivity index (χ0v) is 14.3. The zero-order valence-electron chi connectivity index (χ0n) is 13.5. The standard InChI is InChI=1S/C15H11F3N6O2S/c16-15(17,18)13-22-12(23-26-13)10-3-8-1-2-24(6-11(8)27-10)14(25)21-9-4-19-7-20-5-9/h3-5,7H,1-2,6H2,(H,21,25). The molecule has 0 bridgehead atoms. The first-order chi connectivity index (χ1) is 12.9. The van der Waals surface area contributed by atoms with E-state index in [0.717, 1.165) is 10.4 Å². The molecule has 0 fully saturated rings. The van der Waals surface area contributed by atoms with E-state index in [9.17, 15) is 18.0 Å². The van der Waals surface area contributed by atoms with Crippen LogP contribution in [-0.2, 0) is 19.1 Å². The van der Waals surface area contributed by atoms with Gasteiger partial charge in [0.1, 0.15) is 6.33 Å². The number of nitrogens with one attached hydrogen (secondary N) is 1. The maximum atomic E-state index is 12.6. The lowest BCUT2D eigenvalue weighted by atomic mass is 10.1. The van der Waals surface area contributed by atoms with E-state index in [-0.39, 0.29) is 11.9 Å². The van der Waals surface area contributed by atoms with Gasteiger partial charge in [-0.25, -0.2) is 14.8 Å². The number of hydrogen-bond acceptors (Lipinski definition) is 7. The van der Waals surface area contributed by atoms with Crippen molar-refractivity contribution in [3.05, 3.63) is 41.1 Å². The summed E-state index contributed by atoms with van der Waals surface area (Å²) in [5.74, 6) is -1.49. The van der Waals surface area contributed by atoms with Crippen LogP contribution in [0.5, 0.6) is 0 Å². The summed E-state index contributed by atoms with van der Waals surface area (Å²) >= 11 is 1.24. The van der Waals surface area contributed by atoms with Gasteiger partial charge in [-0.05, 0) is 18.1 Å². The molecule has 0 radical (unpaired) electrons. The van der Waals surface area contributed by atoms with Crippen molar-refractivity contribution in [1.29, 1.82) is 0 Å². The number of hydrogen-bond donors (Lipinski definition) is 1. The van der Waals surface area contributed by atoms with Crippen LogP contribution in [0.1, 0.15) is 16.3 Å². The van der Waals surface area contributed by atoms with Gasteiger partial charge in [0, 0.05) is 11.4 Å². The first-order valence-corrected chi connectivity index (χ1v) is 8.55. The molecule has 140 valence electrons. The van der Waals surface area contributed by atoms with Crippen molar-refractivity contribution in [3.8, 4) is 10.7 Å². The largest absolute Gasteiger partial charge is 0.471 e. The van der Waals surface area contributed by atoms with Crippen molar-refractivity contribution in [1.82, 2.24) is 25.0 Å². The van der Waals surface area contributed by atoms with Gasteiger partial charge in [-0.15, -0.1) is 11.3 Å². The number of amides is 2. The van der Waals surface area contributed by atoms with E-state index in [1.807, 2.05) is 0 Å². The molecule has 4 heterocycles. The second-order valence-corrected chi connectivity index (χ2v) is 6.85. The maximum absolute atomic E-state index is 12.6. The number of urea groups is 1. The van der Waals surface area contributed by atoms with Crippen molar-refractivity contribution >= 4 is 23.1 Å². The molecule has 0 unspecified atom stereocenters. The van der Waals surface area contributed by atoms with Crippen LogP contribution in [0, 0.1) is 0 Å². The Morgan fingerprint density at radius 3 is 2.78 bits per heavy atom. The summed E-state index contributed by atoms with van der Waals surface area (Å²) in [4.78, 5) is 26.4. The fourth-order valence-corrected chi connectivity index (χ4v) is 3.76. The average molecular weight is 396 g/mol. The second-order valence-electron chi connectivity index (χ2n) is 5.71. The highest BCUT2D eigenvalue weighted by Gasteiger charge is 2.38. The quantitative estimate of drug-likeness (QED) is 0.715. The van der Waals surface area contributed by atoms with Gasteiger partial charge in [0.05, 0.1) is 29.5 Å². The number of fused-ring (bicyclic) bond motifs is 1. The van der Waals surface area contributed by atoms with E-state index in [1.54, 1.807) is 11.0 Å². The highest BCUT2D eigenvalue weighted by molar-refractivity contribution is 7.15. The van der Waals surface area contributed by atoms with E-state index < -0.39 is 12.1 Å². The smallest absolute Gasteiger partial charge is 0.329 e. The molecule has 1 aliphatic heterocycles. The summed E-state index contributed by atoms with van der Waals surface area (Å²) < 4.78 is 42.1. The van der Waals surface area contributed by atoms with Crippen molar-refractivity contribution in [2.75, 3.05) is 11.9 Å². The predicted octanol–water partition coefficient (Wildman–Crippen LogP) is 3.20. The summed E-state index contributed by atoms with van der Waals surface area (Å²) in [6.07, 6.45) is 0.223. The Morgan fingerprint density at radius 2 is 2.07 bits per heavy atom. The molecule has 1 N–H and O–H groups in total. The summed E-state index contributed by atoms with van der Waals surface area (Å²) in [6.45, 7) is 0.812. The number of nitrogens with zero attached hydrogens (tertiary/aromatic N) is 5. The van der Waals surface area contributed by atoms with E-state index in [0.29, 0.717) is 30.1 Å². The predicted molar refractivity (Wildman–Crippen MR) is 87.8 cm³/mol. The molecule has 0 saturated carbocycles. The number of thiophene rings is 1. The molecule has 0 aliphatic carbocycles. The number of carbonyl (C=O) groups excluding carboxylic acids is 1. The molecule has 0 aromatic carbocycles. The average Bonchev–Trinajstić information content (AvgIpc) is 3.28. The van der Waals surface area contributed by atoms with Gasteiger partial charge in [-0.2, -0.15) is 18.2 Å². The molecule has 4 rings (SSSR count). The van der Waals surface area contributed by atoms with E-state index in [2.05, 4.69) is 29.9 Å². The first-order valence-electron chi connectivity index (χ1n) is 7.74. The van der Waals surface area contributed by atoms with Gasteiger partial charge in [-0.1, -0.05) is 5.16 Å². The highest BCUT2D eigenvalue weighted by Crippen LogP contribution is 2.35. The van der Waals surface area contributed by atoms with Crippen molar-refractivity contribution in [2.24, 2.45) is 0 Å². The Morgan fingerprint density at radius 1 is 1.30 bits per heavy atom. The molecular weight excluding hydrogens is 385 g/mol. The van der Waals surface area contributed by atoms with Gasteiger partial charge in [0.2, 0.25) is 5.82 Å². The number of carbonyl (C=O) groups is 1. The van der Waals surface area contributed by atoms with Gasteiger partial charge >= 0.3 is 18.1 Å². The number of alkyl halides is 3. The van der Waals surface area contributed by atoms with Gasteiger partial charge in [0.15, 0.2) is 0 Å². The third kappa shape index (κ3) is 3.60. The third-order valence-corrected chi connectivity index (χ3v) is 5.03. The lowest BCUT2D eigenvalue weighted by Crippen LogP contribution is -2.38. The Labute approximate surface area is 154 Å². The van der Waals surface area contributed by atoms with Gasteiger partial charge < -0.3 is 14.7 Å². The van der Waals surface area contributed by atoms with E-state index >= 15 is 0 Å². The number of halogens is 3. The molecule has 0 saturated heterocycles. The second kappa shape index (κ2) is 6.61. The Kier molecular flexibility index (Phi) is 4.26. The van der Waals surface area contributed by atoms with Crippen LogP contribution in [0.25, 0.3) is 10.7 Å². The number of anilines is 1. The molecule has 3 aromatic rings. The molecule has 3 aromatic heterocycles. The monoisotopic (exact) mass is 396 g/mol. The molecule has 2 amide bonds. The van der Waals surface area contributed by atoms with E-state index in [4.69, 9.17) is 0 Å². The number of aromatic nitrogens is 4. The fraction of sp³-hybridized carbons (Fsp3) is 0.267. The highest BCUT2D eigenvalue weighted by atomic mass is 32.1. The zero-order chi connectivity index (χ0) is 19.0. The molecule has 1 aliphatic rings. The van der Waals surface area contributed by atoms with Gasteiger partial charge in [-0.3, -0.25) is 0 Å². The van der Waals surface area contributed by atoms with Crippen molar-refractivity contribution in [3.63, 3.8) is 0 Å². The van der Waals surface area contributed by atoms with Crippen LogP contribution in [0.15, 0.2) is 29.3 Å². The van der Waals surface area contributed by atoms with Crippen LogP contribution in [0.2, 0.25) is 0 Å². The molecular formula is C15H11F3N6O2S. The van der Waals surface area contributed by atoms with Crippen LogP contribution in [0.4, 0.5) is 23.7 Å². The first kappa shape index (κ1) is 17.4. The van der Waals surface area contributed by atoms with E-state index in [1.165, 1.54) is 30.1 Å². The molecule has 27 heavy (non-hydrogen) atoms. The lowest BCUT2D eigenvalue weighted by Gasteiger charge is -2.26. The van der Waals surface area contributed by atoms with Crippen molar-refractivity contribution in [2.45, 2.75) is 19.1 Å². The van der Waals surface area contributed by atoms with Crippen LogP contribution >= 0.6 is 11.3 Å². The van der Waals surface area contributed by atoms with Crippen LogP contribution < -0.4 is 5.32 Å². The Hall–Kier alpha value is -3.02. The third-order valence-electron chi connectivity index (χ3n) is 3.87. The molecule has 8 nitrogen and oxygen atoms in total. The normalized spacial score (nSPS) is 14.1. The maximum Gasteiger partial charge on any atom is 0.471 e. The topological polar surface area (TPSA) is 97.0 Å². The van der Waals surface area contributed by atoms with Crippen LogP contribution in [0.3, 0.4) is 0 Å². The lowest BCUT2D eigenvalue weighted by molar-refractivity contribution is -0.159. The molecule has 0 atom stereocenters. The van der Waals surface area contributed by atoms with Crippen molar-refractivity contribution < 1.29 is 22.5 Å².